The van der Waals surface area contributed by atoms with Crippen molar-refractivity contribution >= 4 is 28.6 Å². The Morgan fingerprint density at radius 3 is 2.80 bits per heavy atom. The van der Waals surface area contributed by atoms with Crippen molar-refractivity contribution in [3.8, 4) is 0 Å². The Balaban J connectivity index is 3.89. The molecule has 0 aromatic heterocycles. The number of halogens is 1. The summed E-state index contributed by atoms with van der Waals surface area (Å²) < 4.78 is 0.781. The highest BCUT2D eigenvalue weighted by atomic mass is 79.9. The van der Waals surface area contributed by atoms with Gasteiger partial charge in [-0.05, 0) is 6.92 Å². The summed E-state index contributed by atoms with van der Waals surface area (Å²) in [5, 5.41) is 3.46. The first-order chi connectivity index (χ1) is 4.68. The van der Waals surface area contributed by atoms with Crippen LogP contribution in [0.25, 0.3) is 0 Å². The van der Waals surface area contributed by atoms with Gasteiger partial charge in [0.1, 0.15) is 0 Å². The fourth-order valence-corrected chi connectivity index (χ4v) is 0.329. The molecule has 4 nitrogen and oxygen atoms in total. The Morgan fingerprint density at radius 2 is 2.40 bits per heavy atom. The van der Waals surface area contributed by atoms with E-state index in [4.69, 9.17) is 5.73 Å². The first-order valence-corrected chi connectivity index (χ1v) is 3.32. The number of hydrazone groups is 1. The predicted octanol–water partition coefficient (Wildman–Crippen LogP) is 0.303. The average Bonchev–Trinajstić information content (AvgIpc) is 1.88. The third-order valence-electron chi connectivity index (χ3n) is 0.729. The highest BCUT2D eigenvalue weighted by Gasteiger charge is 1.86. The zero-order valence-electron chi connectivity index (χ0n) is 5.47. The monoisotopic (exact) mass is 205 g/mol. The van der Waals surface area contributed by atoms with Crippen LogP contribution >= 0.6 is 15.9 Å². The number of hydrogen-bond acceptors (Lipinski definition) is 3. The van der Waals surface area contributed by atoms with Crippen LogP contribution in [0.1, 0.15) is 6.92 Å². The number of amides is 1. The SMILES string of the molecule is C/C(Br)=C(N)\C=N/NC=O. The van der Waals surface area contributed by atoms with Gasteiger partial charge < -0.3 is 5.73 Å². The van der Waals surface area contributed by atoms with E-state index in [1.807, 2.05) is 0 Å². The fraction of sp³-hybridized carbons (Fsp3) is 0.200. The van der Waals surface area contributed by atoms with E-state index in [1.165, 1.54) is 6.21 Å². The molecule has 3 N–H and O–H groups in total. The smallest absolute Gasteiger partial charge is 0.227 e. The highest BCUT2D eigenvalue weighted by molar-refractivity contribution is 9.11. The Hall–Kier alpha value is -0.840. The van der Waals surface area contributed by atoms with Crippen molar-refractivity contribution in [2.45, 2.75) is 6.92 Å². The highest BCUT2D eigenvalue weighted by Crippen LogP contribution is 2.03. The Morgan fingerprint density at radius 1 is 1.80 bits per heavy atom. The summed E-state index contributed by atoms with van der Waals surface area (Å²) in [5.41, 5.74) is 7.95. The molecule has 0 saturated carbocycles. The van der Waals surface area contributed by atoms with Crippen molar-refractivity contribution in [2.75, 3.05) is 0 Å². The van der Waals surface area contributed by atoms with E-state index in [-0.39, 0.29) is 0 Å². The van der Waals surface area contributed by atoms with Crippen LogP contribution in [0.3, 0.4) is 0 Å². The summed E-state index contributed by atoms with van der Waals surface area (Å²) in [6, 6.07) is 0. The van der Waals surface area contributed by atoms with E-state index >= 15 is 0 Å². The lowest BCUT2D eigenvalue weighted by Gasteiger charge is -1.91. The van der Waals surface area contributed by atoms with Crippen LogP contribution < -0.4 is 11.2 Å². The van der Waals surface area contributed by atoms with Crippen molar-refractivity contribution in [1.29, 1.82) is 0 Å². The lowest BCUT2D eigenvalue weighted by molar-refractivity contribution is -0.109. The van der Waals surface area contributed by atoms with Crippen LogP contribution in [0.5, 0.6) is 0 Å². The molecule has 10 heavy (non-hydrogen) atoms. The van der Waals surface area contributed by atoms with Crippen molar-refractivity contribution in [3.63, 3.8) is 0 Å². The summed E-state index contributed by atoms with van der Waals surface area (Å²) >= 11 is 3.14. The molecular weight excluding hydrogens is 198 g/mol. The minimum atomic E-state index is 0.466. The lowest BCUT2D eigenvalue weighted by atomic mass is 10.5. The second-order valence-corrected chi connectivity index (χ2v) is 2.68. The van der Waals surface area contributed by atoms with Gasteiger partial charge >= 0.3 is 0 Å². The largest absolute Gasteiger partial charge is 0.397 e. The number of carbonyl (C=O) groups is 1. The zero-order chi connectivity index (χ0) is 7.98. The molecule has 56 valence electrons. The zero-order valence-corrected chi connectivity index (χ0v) is 7.05. The molecule has 0 fully saturated rings. The molecular formula is C5H8BrN3O. The number of hydrogen-bond donors (Lipinski definition) is 2. The molecule has 0 aromatic rings. The summed E-state index contributed by atoms with van der Waals surface area (Å²) in [7, 11) is 0. The van der Waals surface area contributed by atoms with Crippen LogP contribution in [-0.4, -0.2) is 12.6 Å². The number of nitrogens with zero attached hydrogens (tertiary/aromatic N) is 1. The van der Waals surface area contributed by atoms with Gasteiger partial charge in [-0.3, -0.25) is 4.79 Å². The standard InChI is InChI=1S/C5H8BrN3O/c1-4(6)5(7)2-8-9-3-10/h2-3H,7H2,1H3,(H,9,10)/b5-4-,8-2-. The van der Waals surface area contributed by atoms with Crippen molar-refractivity contribution < 1.29 is 4.79 Å². The number of allylic oxidation sites excluding steroid dienone is 2. The van der Waals surface area contributed by atoms with Crippen LogP contribution in [-0.2, 0) is 4.79 Å². The molecule has 0 bridgehead atoms. The third kappa shape index (κ3) is 4.08. The van der Waals surface area contributed by atoms with E-state index in [0.717, 1.165) is 4.48 Å². The molecule has 0 rings (SSSR count). The minimum Gasteiger partial charge on any atom is -0.397 e. The molecule has 0 atom stereocenters. The fourth-order valence-electron chi connectivity index (χ4n) is 0.226. The molecule has 0 radical (unpaired) electrons. The average molecular weight is 206 g/mol. The van der Waals surface area contributed by atoms with Gasteiger partial charge in [0.15, 0.2) is 0 Å². The van der Waals surface area contributed by atoms with Crippen LogP contribution in [0.2, 0.25) is 0 Å². The number of carbonyl (C=O) groups excluding carboxylic acids is 1. The predicted molar refractivity (Wildman–Crippen MR) is 43.5 cm³/mol. The lowest BCUT2D eigenvalue weighted by Crippen LogP contribution is -2.05. The molecule has 5 heteroatoms. The van der Waals surface area contributed by atoms with Crippen LogP contribution in [0, 0.1) is 0 Å². The third-order valence-corrected chi connectivity index (χ3v) is 1.19. The van der Waals surface area contributed by atoms with E-state index < -0.39 is 0 Å². The van der Waals surface area contributed by atoms with Crippen LogP contribution in [0.4, 0.5) is 0 Å². The molecule has 0 aliphatic heterocycles. The van der Waals surface area contributed by atoms with Gasteiger partial charge in [-0.1, -0.05) is 15.9 Å². The summed E-state index contributed by atoms with van der Waals surface area (Å²) in [6.45, 7) is 1.78. The van der Waals surface area contributed by atoms with Gasteiger partial charge in [0.05, 0.1) is 11.9 Å². The minimum absolute atomic E-state index is 0.466. The van der Waals surface area contributed by atoms with E-state index in [0.29, 0.717) is 12.1 Å². The first kappa shape index (κ1) is 9.16. The first-order valence-electron chi connectivity index (χ1n) is 2.52. The summed E-state index contributed by atoms with van der Waals surface area (Å²) in [4.78, 5) is 9.66. The quantitative estimate of drug-likeness (QED) is 0.396. The number of rotatable bonds is 3. The van der Waals surface area contributed by atoms with E-state index in [9.17, 15) is 4.79 Å². The van der Waals surface area contributed by atoms with Gasteiger partial charge in [-0.2, -0.15) is 5.10 Å². The maximum atomic E-state index is 9.66. The second kappa shape index (κ2) is 4.99. The van der Waals surface area contributed by atoms with Gasteiger partial charge in [0.25, 0.3) is 0 Å². The topological polar surface area (TPSA) is 67.5 Å². The normalized spacial score (nSPS) is 13.0. The summed E-state index contributed by atoms with van der Waals surface area (Å²) in [5.74, 6) is 0. The van der Waals surface area contributed by atoms with Crippen LogP contribution in [0.15, 0.2) is 15.3 Å². The molecule has 0 aromatic carbocycles. The number of nitrogens with two attached hydrogens (primary N) is 1. The molecule has 0 aliphatic carbocycles. The second-order valence-electron chi connectivity index (χ2n) is 1.49. The van der Waals surface area contributed by atoms with Gasteiger partial charge in [-0.15, -0.1) is 0 Å². The molecule has 0 unspecified atom stereocenters. The number of nitrogens with one attached hydrogen (secondary N) is 1. The Kier molecular flexibility index (Phi) is 4.57. The van der Waals surface area contributed by atoms with Gasteiger partial charge in [0, 0.05) is 4.48 Å². The maximum absolute atomic E-state index is 9.66. The Bertz CT molecular complexity index is 172. The Labute approximate surface area is 67.3 Å². The van der Waals surface area contributed by atoms with Gasteiger partial charge in [-0.25, -0.2) is 5.43 Å². The molecule has 1 amide bonds. The van der Waals surface area contributed by atoms with Crippen molar-refractivity contribution in [1.82, 2.24) is 5.43 Å². The molecule has 0 aliphatic rings. The van der Waals surface area contributed by atoms with Crippen molar-refractivity contribution in [3.05, 3.63) is 10.2 Å². The maximum Gasteiger partial charge on any atom is 0.227 e. The van der Waals surface area contributed by atoms with E-state index in [2.05, 4.69) is 26.5 Å². The molecule has 0 saturated heterocycles. The van der Waals surface area contributed by atoms with E-state index in [1.54, 1.807) is 6.92 Å². The molecule has 0 heterocycles. The summed E-state index contributed by atoms with van der Waals surface area (Å²) in [6.07, 6.45) is 1.81. The van der Waals surface area contributed by atoms with Crippen molar-refractivity contribution in [2.24, 2.45) is 10.8 Å². The van der Waals surface area contributed by atoms with Gasteiger partial charge in [0.2, 0.25) is 6.41 Å². The molecule has 0 spiro atoms.